The van der Waals surface area contributed by atoms with Gasteiger partial charge in [0, 0.05) is 24.2 Å². The van der Waals surface area contributed by atoms with Crippen LogP contribution in [0.5, 0.6) is 11.5 Å². The molecule has 2 aromatic rings. The van der Waals surface area contributed by atoms with Gasteiger partial charge in [-0.15, -0.1) is 0 Å². The fourth-order valence-electron chi connectivity index (χ4n) is 3.76. The summed E-state index contributed by atoms with van der Waals surface area (Å²) in [6.45, 7) is 2.18. The van der Waals surface area contributed by atoms with E-state index in [9.17, 15) is 18.0 Å². The molecule has 9 heteroatoms. The van der Waals surface area contributed by atoms with Crippen molar-refractivity contribution in [1.29, 1.82) is 0 Å². The lowest BCUT2D eigenvalue weighted by molar-refractivity contribution is 0.0470. The van der Waals surface area contributed by atoms with E-state index >= 15 is 0 Å². The van der Waals surface area contributed by atoms with Gasteiger partial charge < -0.3 is 14.2 Å². The maximum atomic E-state index is 13.3. The van der Waals surface area contributed by atoms with E-state index in [1.807, 2.05) is 0 Å². The standard InChI is InChI=1S/C24H29NO7S/c1-17(26)18-8-10-21(30-2)20(14-18)16-32-24(27)19-9-11-22(31-3)23(15-19)33(28,29)25-12-6-4-5-7-13-25/h8-11,14-15H,4-7,12-13,16H2,1-3H3. The van der Waals surface area contributed by atoms with Crippen LogP contribution >= 0.6 is 0 Å². The molecule has 1 aliphatic heterocycles. The topological polar surface area (TPSA) is 99.2 Å². The third-order valence-electron chi connectivity index (χ3n) is 5.63. The highest BCUT2D eigenvalue weighted by Gasteiger charge is 2.29. The highest BCUT2D eigenvalue weighted by atomic mass is 32.2. The van der Waals surface area contributed by atoms with E-state index in [4.69, 9.17) is 14.2 Å². The summed E-state index contributed by atoms with van der Waals surface area (Å²) in [7, 11) is -0.958. The van der Waals surface area contributed by atoms with E-state index in [1.54, 1.807) is 18.2 Å². The van der Waals surface area contributed by atoms with Crippen LogP contribution in [-0.2, 0) is 21.4 Å². The molecule has 0 radical (unpaired) electrons. The van der Waals surface area contributed by atoms with E-state index in [0.717, 1.165) is 25.7 Å². The first-order valence-corrected chi connectivity index (χ1v) is 12.2. The molecule has 1 saturated heterocycles. The van der Waals surface area contributed by atoms with E-state index in [1.165, 1.54) is 43.6 Å². The summed E-state index contributed by atoms with van der Waals surface area (Å²) in [4.78, 5) is 24.4. The van der Waals surface area contributed by atoms with Crippen molar-refractivity contribution < 1.29 is 32.2 Å². The molecule has 1 aliphatic rings. The zero-order valence-electron chi connectivity index (χ0n) is 19.1. The lowest BCUT2D eigenvalue weighted by Crippen LogP contribution is -2.32. The molecule has 0 amide bonds. The van der Waals surface area contributed by atoms with Crippen molar-refractivity contribution in [3.05, 3.63) is 53.1 Å². The van der Waals surface area contributed by atoms with Crippen LogP contribution < -0.4 is 9.47 Å². The molecule has 0 N–H and O–H groups in total. The van der Waals surface area contributed by atoms with Crippen LogP contribution in [0.2, 0.25) is 0 Å². The van der Waals surface area contributed by atoms with Crippen LogP contribution in [0, 0.1) is 0 Å². The van der Waals surface area contributed by atoms with E-state index < -0.39 is 16.0 Å². The number of rotatable bonds is 8. The Labute approximate surface area is 194 Å². The fourth-order valence-corrected chi connectivity index (χ4v) is 5.46. The van der Waals surface area contributed by atoms with Gasteiger partial charge in [0.05, 0.1) is 19.8 Å². The molecule has 1 heterocycles. The van der Waals surface area contributed by atoms with E-state index in [-0.39, 0.29) is 28.6 Å². The second-order valence-electron chi connectivity index (χ2n) is 7.84. The summed E-state index contributed by atoms with van der Waals surface area (Å²) in [6.07, 6.45) is 3.57. The van der Waals surface area contributed by atoms with Crippen LogP contribution in [0.1, 0.15) is 58.9 Å². The van der Waals surface area contributed by atoms with Gasteiger partial charge in [-0.3, -0.25) is 4.79 Å². The van der Waals surface area contributed by atoms with Crippen molar-refractivity contribution >= 4 is 21.8 Å². The summed E-state index contributed by atoms with van der Waals surface area (Å²) in [5, 5.41) is 0. The Bertz CT molecular complexity index is 1120. The third-order valence-corrected chi connectivity index (χ3v) is 7.55. The van der Waals surface area contributed by atoms with Crippen molar-refractivity contribution in [2.45, 2.75) is 44.1 Å². The Morgan fingerprint density at radius 2 is 1.48 bits per heavy atom. The van der Waals surface area contributed by atoms with Gasteiger partial charge in [0.15, 0.2) is 5.78 Å². The number of methoxy groups -OCH3 is 2. The van der Waals surface area contributed by atoms with Crippen molar-refractivity contribution in [2.75, 3.05) is 27.3 Å². The van der Waals surface area contributed by atoms with Gasteiger partial charge >= 0.3 is 5.97 Å². The molecule has 0 atom stereocenters. The average Bonchev–Trinajstić information content (AvgIpc) is 3.12. The minimum Gasteiger partial charge on any atom is -0.496 e. The Morgan fingerprint density at radius 1 is 0.879 bits per heavy atom. The van der Waals surface area contributed by atoms with Crippen LogP contribution in [0.3, 0.4) is 0 Å². The Kier molecular flexibility index (Phi) is 8.10. The number of carbonyl (C=O) groups excluding carboxylic acids is 2. The molecule has 2 aromatic carbocycles. The van der Waals surface area contributed by atoms with Crippen molar-refractivity contribution in [1.82, 2.24) is 4.31 Å². The average molecular weight is 476 g/mol. The molecular weight excluding hydrogens is 446 g/mol. The number of nitrogens with zero attached hydrogens (tertiary/aromatic N) is 1. The molecule has 0 spiro atoms. The summed E-state index contributed by atoms with van der Waals surface area (Å²) in [6, 6.07) is 9.10. The summed E-state index contributed by atoms with van der Waals surface area (Å²) in [5.74, 6) is -0.164. The van der Waals surface area contributed by atoms with Gasteiger partial charge in [0.1, 0.15) is 23.0 Å². The summed E-state index contributed by atoms with van der Waals surface area (Å²) < 4.78 is 44.0. The molecule has 0 bridgehead atoms. The van der Waals surface area contributed by atoms with E-state index in [2.05, 4.69) is 0 Å². The lowest BCUT2D eigenvalue weighted by atomic mass is 10.1. The molecule has 0 saturated carbocycles. The van der Waals surface area contributed by atoms with Gasteiger partial charge in [-0.2, -0.15) is 4.31 Å². The molecule has 1 fully saturated rings. The van der Waals surface area contributed by atoms with Crippen LogP contribution in [-0.4, -0.2) is 51.8 Å². The minimum atomic E-state index is -3.83. The fraction of sp³-hybridized carbons (Fsp3) is 0.417. The summed E-state index contributed by atoms with van der Waals surface area (Å²) >= 11 is 0. The monoisotopic (exact) mass is 475 g/mol. The number of ether oxygens (including phenoxy) is 3. The predicted molar refractivity (Wildman–Crippen MR) is 122 cm³/mol. The second kappa shape index (κ2) is 10.8. The number of hydrogen-bond donors (Lipinski definition) is 0. The first-order valence-electron chi connectivity index (χ1n) is 10.8. The van der Waals surface area contributed by atoms with Gasteiger partial charge in [-0.25, -0.2) is 13.2 Å². The number of esters is 1. The van der Waals surface area contributed by atoms with Crippen LogP contribution in [0.15, 0.2) is 41.3 Å². The maximum Gasteiger partial charge on any atom is 0.338 e. The second-order valence-corrected chi connectivity index (χ2v) is 9.75. The van der Waals surface area contributed by atoms with Crippen molar-refractivity contribution in [3.63, 3.8) is 0 Å². The maximum absolute atomic E-state index is 13.3. The van der Waals surface area contributed by atoms with Crippen molar-refractivity contribution in [2.24, 2.45) is 0 Å². The Hall–Kier alpha value is -2.91. The lowest BCUT2D eigenvalue weighted by Gasteiger charge is -2.21. The zero-order valence-corrected chi connectivity index (χ0v) is 19.9. The third kappa shape index (κ3) is 5.72. The molecule has 0 aromatic heterocycles. The predicted octanol–water partition coefficient (Wildman–Crippen LogP) is 3.83. The largest absolute Gasteiger partial charge is 0.496 e. The van der Waals surface area contributed by atoms with Gasteiger partial charge in [-0.05, 0) is 56.2 Å². The molecule has 178 valence electrons. The first kappa shape index (κ1) is 24.7. The molecule has 3 rings (SSSR count). The molecule has 33 heavy (non-hydrogen) atoms. The number of Topliss-reactive ketones (excluding diaryl/α,β-unsaturated/α-hetero) is 1. The number of ketones is 1. The summed E-state index contributed by atoms with van der Waals surface area (Å²) in [5.41, 5.74) is 1.09. The minimum absolute atomic E-state index is 0.0579. The van der Waals surface area contributed by atoms with Gasteiger partial charge in [0.25, 0.3) is 0 Å². The molecule has 0 aliphatic carbocycles. The SMILES string of the molecule is COc1ccc(C(C)=O)cc1COC(=O)c1ccc(OC)c(S(=O)(=O)N2CCCCCC2)c1. The Morgan fingerprint density at radius 3 is 2.09 bits per heavy atom. The van der Waals surface area contributed by atoms with Gasteiger partial charge in [0.2, 0.25) is 10.0 Å². The highest BCUT2D eigenvalue weighted by molar-refractivity contribution is 7.89. The van der Waals surface area contributed by atoms with Crippen molar-refractivity contribution in [3.8, 4) is 11.5 Å². The van der Waals surface area contributed by atoms with Crippen LogP contribution in [0.4, 0.5) is 0 Å². The van der Waals surface area contributed by atoms with Crippen LogP contribution in [0.25, 0.3) is 0 Å². The zero-order chi connectivity index (χ0) is 24.0. The molecule has 0 unspecified atom stereocenters. The van der Waals surface area contributed by atoms with Gasteiger partial charge in [-0.1, -0.05) is 12.8 Å². The number of sulfonamides is 1. The smallest absolute Gasteiger partial charge is 0.338 e. The normalized spacial score (nSPS) is 14.9. The number of carbonyl (C=O) groups is 2. The first-order chi connectivity index (χ1) is 15.8. The number of hydrogen-bond acceptors (Lipinski definition) is 7. The molecule has 8 nitrogen and oxygen atoms in total. The number of benzene rings is 2. The molecular formula is C24H29NO7S. The quantitative estimate of drug-likeness (QED) is 0.423. The highest BCUT2D eigenvalue weighted by Crippen LogP contribution is 2.30. The Balaban J connectivity index is 1.85. The van der Waals surface area contributed by atoms with E-state index in [0.29, 0.717) is 30.0 Å².